The third kappa shape index (κ3) is 2.93. The zero-order valence-electron chi connectivity index (χ0n) is 9.95. The highest BCUT2D eigenvalue weighted by Gasteiger charge is 2.17. The van der Waals surface area contributed by atoms with Crippen LogP contribution in [-0.2, 0) is 0 Å². The summed E-state index contributed by atoms with van der Waals surface area (Å²) < 4.78 is 5.13. The maximum absolute atomic E-state index is 5.13. The Labute approximate surface area is 91.9 Å². The van der Waals surface area contributed by atoms with E-state index in [1.165, 1.54) is 0 Å². The van der Waals surface area contributed by atoms with Gasteiger partial charge in [0.25, 0.3) is 0 Å². The van der Waals surface area contributed by atoms with E-state index in [1.807, 2.05) is 19.2 Å². The highest BCUT2D eigenvalue weighted by atomic mass is 16.5. The van der Waals surface area contributed by atoms with Crippen LogP contribution in [0, 0.1) is 0 Å². The second-order valence-corrected chi connectivity index (χ2v) is 3.70. The van der Waals surface area contributed by atoms with Crippen molar-refractivity contribution in [1.82, 2.24) is 10.3 Å². The lowest BCUT2D eigenvalue weighted by Gasteiger charge is -2.21. The average Bonchev–Trinajstić information content (AvgIpc) is 2.30. The van der Waals surface area contributed by atoms with Crippen molar-refractivity contribution in [3.8, 4) is 5.88 Å². The predicted molar refractivity (Wildman–Crippen MR) is 62.3 cm³/mol. The average molecular weight is 208 g/mol. The van der Waals surface area contributed by atoms with Gasteiger partial charge in [-0.1, -0.05) is 13.0 Å². The van der Waals surface area contributed by atoms with E-state index >= 15 is 0 Å². The van der Waals surface area contributed by atoms with Crippen molar-refractivity contribution in [1.29, 1.82) is 0 Å². The fourth-order valence-electron chi connectivity index (χ4n) is 1.77. The van der Waals surface area contributed by atoms with Gasteiger partial charge in [-0.2, -0.15) is 0 Å². The third-order valence-electron chi connectivity index (χ3n) is 2.83. The topological polar surface area (TPSA) is 34.1 Å². The third-order valence-corrected chi connectivity index (χ3v) is 2.83. The van der Waals surface area contributed by atoms with Gasteiger partial charge in [0, 0.05) is 23.7 Å². The van der Waals surface area contributed by atoms with E-state index in [-0.39, 0.29) is 0 Å². The van der Waals surface area contributed by atoms with Crippen LogP contribution in [0.4, 0.5) is 0 Å². The summed E-state index contributed by atoms with van der Waals surface area (Å²) in [7, 11) is 3.63. The first-order valence-corrected chi connectivity index (χ1v) is 5.41. The van der Waals surface area contributed by atoms with Crippen LogP contribution in [0.25, 0.3) is 0 Å². The summed E-state index contributed by atoms with van der Waals surface area (Å²) in [6.07, 6.45) is 1.07. The van der Waals surface area contributed by atoms with E-state index in [0.717, 1.165) is 12.1 Å². The number of pyridine rings is 1. The quantitative estimate of drug-likeness (QED) is 0.805. The molecule has 0 aliphatic rings. The van der Waals surface area contributed by atoms with Crippen LogP contribution in [0.2, 0.25) is 0 Å². The zero-order valence-corrected chi connectivity index (χ0v) is 9.95. The minimum atomic E-state index is 0.426. The van der Waals surface area contributed by atoms with Crippen LogP contribution >= 0.6 is 0 Å². The minimum absolute atomic E-state index is 0.426. The highest BCUT2D eigenvalue weighted by Crippen LogP contribution is 2.22. The molecular weight excluding hydrogens is 188 g/mol. The molecule has 0 radical (unpaired) electrons. The summed E-state index contributed by atoms with van der Waals surface area (Å²) >= 11 is 0. The number of nitrogens with one attached hydrogen (secondary N) is 1. The zero-order chi connectivity index (χ0) is 11.3. The predicted octanol–water partition coefficient (Wildman–Crippen LogP) is 2.19. The molecule has 1 aromatic heterocycles. The summed E-state index contributed by atoms with van der Waals surface area (Å²) in [6.45, 7) is 4.36. The summed E-state index contributed by atoms with van der Waals surface area (Å²) in [5.74, 6) is 1.12. The fraction of sp³-hybridized carbons (Fsp3) is 0.583. The molecule has 1 rings (SSSR count). The lowest BCUT2D eigenvalue weighted by Crippen LogP contribution is -2.29. The Kier molecular flexibility index (Phi) is 4.56. The maximum Gasteiger partial charge on any atom is 0.213 e. The van der Waals surface area contributed by atoms with Gasteiger partial charge in [-0.3, -0.25) is 0 Å². The Balaban J connectivity index is 2.91. The summed E-state index contributed by atoms with van der Waals surface area (Å²) in [5.41, 5.74) is 1.10. The molecule has 1 aromatic rings. The molecule has 0 saturated heterocycles. The van der Waals surface area contributed by atoms with Crippen molar-refractivity contribution in [2.45, 2.75) is 32.2 Å². The molecular formula is C12H20N2O. The van der Waals surface area contributed by atoms with Crippen LogP contribution in [0.5, 0.6) is 5.88 Å². The van der Waals surface area contributed by atoms with Crippen molar-refractivity contribution < 1.29 is 4.74 Å². The van der Waals surface area contributed by atoms with Crippen molar-refractivity contribution in [3.63, 3.8) is 0 Å². The molecule has 0 aromatic carbocycles. The van der Waals surface area contributed by atoms with Crippen molar-refractivity contribution in [2.24, 2.45) is 0 Å². The Hall–Kier alpha value is -1.09. The molecule has 84 valence electrons. The molecule has 3 nitrogen and oxygen atoms in total. The van der Waals surface area contributed by atoms with Gasteiger partial charge < -0.3 is 10.1 Å². The van der Waals surface area contributed by atoms with Gasteiger partial charge in [-0.05, 0) is 26.5 Å². The van der Waals surface area contributed by atoms with E-state index in [0.29, 0.717) is 17.8 Å². The maximum atomic E-state index is 5.13. The van der Waals surface area contributed by atoms with Crippen LogP contribution in [0.1, 0.15) is 31.9 Å². The van der Waals surface area contributed by atoms with Crippen LogP contribution in [0.3, 0.4) is 0 Å². The summed E-state index contributed by atoms with van der Waals surface area (Å²) in [5, 5.41) is 3.27. The number of hydrogen-bond donors (Lipinski definition) is 1. The number of likely N-dealkylation sites (N-methyl/N-ethyl adjacent to an activating group) is 1. The second-order valence-electron chi connectivity index (χ2n) is 3.70. The van der Waals surface area contributed by atoms with Gasteiger partial charge in [0.15, 0.2) is 0 Å². The monoisotopic (exact) mass is 208 g/mol. The number of hydrogen-bond acceptors (Lipinski definition) is 3. The molecule has 1 heterocycles. The van der Waals surface area contributed by atoms with E-state index in [1.54, 1.807) is 7.11 Å². The highest BCUT2D eigenvalue weighted by molar-refractivity contribution is 5.19. The van der Waals surface area contributed by atoms with Crippen molar-refractivity contribution >= 4 is 0 Å². The Morgan fingerprint density at radius 1 is 1.47 bits per heavy atom. The number of ether oxygens (including phenoxy) is 1. The van der Waals surface area contributed by atoms with Crippen molar-refractivity contribution in [2.75, 3.05) is 14.2 Å². The smallest absolute Gasteiger partial charge is 0.213 e. The van der Waals surface area contributed by atoms with Gasteiger partial charge in [-0.15, -0.1) is 0 Å². The van der Waals surface area contributed by atoms with E-state index in [4.69, 9.17) is 4.74 Å². The first kappa shape index (κ1) is 12.0. The molecule has 0 aliphatic heterocycles. The van der Waals surface area contributed by atoms with E-state index in [2.05, 4.69) is 30.2 Å². The number of methoxy groups -OCH3 is 1. The molecule has 0 spiro atoms. The van der Waals surface area contributed by atoms with Crippen LogP contribution in [-0.4, -0.2) is 25.2 Å². The SMILES string of the molecule is CCC(c1cccc(OC)n1)C(C)NC. The molecule has 0 aliphatic carbocycles. The molecule has 15 heavy (non-hydrogen) atoms. The van der Waals surface area contributed by atoms with E-state index in [9.17, 15) is 0 Å². The first-order valence-electron chi connectivity index (χ1n) is 5.41. The van der Waals surface area contributed by atoms with Gasteiger partial charge in [0.1, 0.15) is 0 Å². The first-order chi connectivity index (χ1) is 7.22. The molecule has 2 unspecified atom stereocenters. The Bertz CT molecular complexity index is 301. The molecule has 2 atom stereocenters. The lowest BCUT2D eigenvalue weighted by atomic mass is 9.94. The van der Waals surface area contributed by atoms with Crippen LogP contribution in [0.15, 0.2) is 18.2 Å². The lowest BCUT2D eigenvalue weighted by molar-refractivity contribution is 0.390. The van der Waals surface area contributed by atoms with Gasteiger partial charge in [0.05, 0.1) is 7.11 Å². The molecule has 1 N–H and O–H groups in total. The van der Waals surface area contributed by atoms with Gasteiger partial charge in [-0.25, -0.2) is 4.98 Å². The van der Waals surface area contributed by atoms with Crippen LogP contribution < -0.4 is 10.1 Å². The summed E-state index contributed by atoms with van der Waals surface area (Å²) in [4.78, 5) is 4.47. The minimum Gasteiger partial charge on any atom is -0.481 e. The fourth-order valence-corrected chi connectivity index (χ4v) is 1.77. The second kappa shape index (κ2) is 5.71. The Morgan fingerprint density at radius 2 is 2.20 bits per heavy atom. The molecule has 0 bridgehead atoms. The van der Waals surface area contributed by atoms with Crippen molar-refractivity contribution in [3.05, 3.63) is 23.9 Å². The number of nitrogens with zero attached hydrogens (tertiary/aromatic N) is 1. The molecule has 0 amide bonds. The molecule has 3 heteroatoms. The molecule has 0 saturated carbocycles. The summed E-state index contributed by atoms with van der Waals surface area (Å²) in [6, 6.07) is 6.35. The van der Waals surface area contributed by atoms with Gasteiger partial charge >= 0.3 is 0 Å². The van der Waals surface area contributed by atoms with E-state index < -0.39 is 0 Å². The number of rotatable bonds is 5. The largest absolute Gasteiger partial charge is 0.481 e. The van der Waals surface area contributed by atoms with Gasteiger partial charge in [0.2, 0.25) is 5.88 Å². The Morgan fingerprint density at radius 3 is 2.73 bits per heavy atom. The normalized spacial score (nSPS) is 14.7. The number of aromatic nitrogens is 1. The molecule has 0 fully saturated rings. The standard InChI is InChI=1S/C12H20N2O/c1-5-10(9(2)13-3)11-7-6-8-12(14-11)15-4/h6-10,13H,5H2,1-4H3.